The van der Waals surface area contributed by atoms with Crippen LogP contribution in [0.15, 0.2) is 79.0 Å². The maximum absolute atomic E-state index is 3.28. The molecule has 0 aliphatic heterocycles. The molecule has 3 aromatic rings. The Kier molecular flexibility index (Phi) is 3.28. The first kappa shape index (κ1) is 11.5. The third-order valence-electron chi connectivity index (χ3n) is 3.11. The Labute approximate surface area is 113 Å². The fraction of sp³-hybridized carbons (Fsp3) is 0. The van der Waals surface area contributed by atoms with Crippen LogP contribution < -0.4 is 5.32 Å². The average Bonchev–Trinajstić information content (AvgIpc) is 2.49. The van der Waals surface area contributed by atoms with E-state index in [1.807, 2.05) is 36.5 Å². The number of anilines is 1. The molecule has 0 spiro atoms. The molecule has 0 bridgehead atoms. The van der Waals surface area contributed by atoms with E-state index in [1.165, 1.54) is 16.3 Å². The minimum atomic E-state index is 1.10. The minimum Gasteiger partial charge on any atom is -0.362 e. The van der Waals surface area contributed by atoms with Gasteiger partial charge in [0.25, 0.3) is 0 Å². The lowest BCUT2D eigenvalue weighted by atomic mass is 10.0. The van der Waals surface area contributed by atoms with Gasteiger partial charge in [-0.15, -0.1) is 0 Å². The molecular formula is C18H15N. The summed E-state index contributed by atoms with van der Waals surface area (Å²) < 4.78 is 0. The van der Waals surface area contributed by atoms with Crippen molar-refractivity contribution < 1.29 is 0 Å². The van der Waals surface area contributed by atoms with Gasteiger partial charge in [0, 0.05) is 11.9 Å². The van der Waals surface area contributed by atoms with Crippen molar-refractivity contribution in [2.24, 2.45) is 0 Å². The van der Waals surface area contributed by atoms with Gasteiger partial charge in [-0.1, -0.05) is 60.7 Å². The van der Waals surface area contributed by atoms with Crippen LogP contribution in [-0.4, -0.2) is 0 Å². The van der Waals surface area contributed by atoms with Crippen molar-refractivity contribution in [2.45, 2.75) is 0 Å². The van der Waals surface area contributed by atoms with Crippen molar-refractivity contribution >= 4 is 22.5 Å². The molecule has 0 radical (unpaired) electrons. The van der Waals surface area contributed by atoms with Crippen molar-refractivity contribution in [3.63, 3.8) is 0 Å². The summed E-state index contributed by atoms with van der Waals surface area (Å²) in [4.78, 5) is 0. The van der Waals surface area contributed by atoms with Crippen molar-refractivity contribution in [3.05, 3.63) is 84.6 Å². The molecule has 0 fully saturated rings. The fourth-order valence-electron chi connectivity index (χ4n) is 2.16. The quantitative estimate of drug-likeness (QED) is 0.690. The molecule has 3 rings (SSSR count). The van der Waals surface area contributed by atoms with Gasteiger partial charge in [-0.3, -0.25) is 0 Å². The molecule has 0 aliphatic carbocycles. The van der Waals surface area contributed by atoms with Gasteiger partial charge < -0.3 is 5.32 Å². The van der Waals surface area contributed by atoms with E-state index in [4.69, 9.17) is 0 Å². The smallest absolute Gasteiger partial charge is 0.0379 e. The summed E-state index contributed by atoms with van der Waals surface area (Å²) in [5.41, 5.74) is 2.32. The van der Waals surface area contributed by atoms with E-state index in [1.54, 1.807) is 0 Å². The van der Waals surface area contributed by atoms with Gasteiger partial charge in [0.15, 0.2) is 0 Å². The normalized spacial score (nSPS) is 10.9. The van der Waals surface area contributed by atoms with Crippen LogP contribution in [0.25, 0.3) is 16.8 Å². The average molecular weight is 245 g/mol. The maximum atomic E-state index is 3.28. The molecule has 0 heterocycles. The minimum absolute atomic E-state index is 1.10. The van der Waals surface area contributed by atoms with Crippen molar-refractivity contribution in [3.8, 4) is 0 Å². The van der Waals surface area contributed by atoms with Crippen molar-refractivity contribution in [1.29, 1.82) is 0 Å². The molecule has 1 nitrogen and oxygen atoms in total. The van der Waals surface area contributed by atoms with Crippen molar-refractivity contribution in [2.75, 3.05) is 5.32 Å². The Balaban J connectivity index is 1.85. The highest BCUT2D eigenvalue weighted by Gasteiger charge is 1.95. The number of para-hydroxylation sites is 1. The second-order valence-corrected chi connectivity index (χ2v) is 4.41. The Morgan fingerprint density at radius 3 is 2.32 bits per heavy atom. The monoisotopic (exact) mass is 245 g/mol. The summed E-state index contributed by atoms with van der Waals surface area (Å²) in [6, 6.07) is 24.9. The predicted molar refractivity (Wildman–Crippen MR) is 83.0 cm³/mol. The topological polar surface area (TPSA) is 12.0 Å². The first-order valence-electron chi connectivity index (χ1n) is 6.39. The lowest BCUT2D eigenvalue weighted by Gasteiger charge is -2.03. The van der Waals surface area contributed by atoms with Gasteiger partial charge in [0.05, 0.1) is 0 Å². The van der Waals surface area contributed by atoms with Gasteiger partial charge in [-0.25, -0.2) is 0 Å². The first-order valence-corrected chi connectivity index (χ1v) is 6.39. The highest BCUT2D eigenvalue weighted by atomic mass is 14.8. The highest BCUT2D eigenvalue weighted by Crippen LogP contribution is 2.19. The van der Waals surface area contributed by atoms with Crippen LogP contribution in [0.3, 0.4) is 0 Å². The molecule has 92 valence electrons. The van der Waals surface area contributed by atoms with Crippen LogP contribution in [0.5, 0.6) is 0 Å². The third-order valence-corrected chi connectivity index (χ3v) is 3.11. The Morgan fingerprint density at radius 1 is 0.684 bits per heavy atom. The summed E-state index contributed by atoms with van der Waals surface area (Å²) in [5, 5.41) is 5.82. The standard InChI is InChI=1S/C18H15N/c1-2-10-17(11-3-1)19-14-13-16-9-6-8-15-7-4-5-12-18(15)16/h1-14,19H. The van der Waals surface area contributed by atoms with Crippen molar-refractivity contribution in [1.82, 2.24) is 0 Å². The molecule has 3 aromatic carbocycles. The van der Waals surface area contributed by atoms with Crippen LogP contribution in [0.2, 0.25) is 0 Å². The zero-order valence-corrected chi connectivity index (χ0v) is 10.6. The van der Waals surface area contributed by atoms with E-state index in [0.717, 1.165) is 5.69 Å². The van der Waals surface area contributed by atoms with E-state index in [9.17, 15) is 0 Å². The van der Waals surface area contributed by atoms with E-state index in [2.05, 4.69) is 53.9 Å². The summed E-state index contributed by atoms with van der Waals surface area (Å²) in [7, 11) is 0. The zero-order valence-electron chi connectivity index (χ0n) is 10.6. The fourth-order valence-corrected chi connectivity index (χ4v) is 2.16. The molecule has 0 saturated heterocycles. The van der Waals surface area contributed by atoms with Crippen LogP contribution in [0, 0.1) is 0 Å². The van der Waals surface area contributed by atoms with E-state index < -0.39 is 0 Å². The van der Waals surface area contributed by atoms with Gasteiger partial charge in [-0.2, -0.15) is 0 Å². The molecule has 0 aliphatic rings. The van der Waals surface area contributed by atoms with Crippen LogP contribution in [0.4, 0.5) is 5.69 Å². The molecule has 0 amide bonds. The lowest BCUT2D eigenvalue weighted by molar-refractivity contribution is 1.59. The number of hydrogen-bond acceptors (Lipinski definition) is 1. The molecule has 0 unspecified atom stereocenters. The maximum Gasteiger partial charge on any atom is 0.0379 e. The molecule has 1 heteroatoms. The molecule has 0 saturated carbocycles. The SMILES string of the molecule is C(=Cc1cccc2ccccc12)Nc1ccccc1. The predicted octanol–water partition coefficient (Wildman–Crippen LogP) is 4.92. The molecular weight excluding hydrogens is 230 g/mol. The Hall–Kier alpha value is -2.54. The molecule has 0 atom stereocenters. The Morgan fingerprint density at radius 2 is 1.42 bits per heavy atom. The second kappa shape index (κ2) is 5.40. The van der Waals surface area contributed by atoms with Crippen LogP contribution in [0.1, 0.15) is 5.56 Å². The number of rotatable bonds is 3. The summed E-state index contributed by atoms with van der Waals surface area (Å²) in [6.45, 7) is 0. The second-order valence-electron chi connectivity index (χ2n) is 4.41. The van der Waals surface area contributed by atoms with Crippen LogP contribution in [-0.2, 0) is 0 Å². The molecule has 1 N–H and O–H groups in total. The Bertz CT molecular complexity index is 694. The molecule has 19 heavy (non-hydrogen) atoms. The zero-order chi connectivity index (χ0) is 12.9. The largest absolute Gasteiger partial charge is 0.362 e. The summed E-state index contributed by atoms with van der Waals surface area (Å²) in [6.07, 6.45) is 4.09. The number of hydrogen-bond donors (Lipinski definition) is 1. The first-order chi connectivity index (χ1) is 9.43. The summed E-state index contributed by atoms with van der Waals surface area (Å²) in [5.74, 6) is 0. The van der Waals surface area contributed by atoms with Gasteiger partial charge in [0.1, 0.15) is 0 Å². The van der Waals surface area contributed by atoms with Gasteiger partial charge in [0.2, 0.25) is 0 Å². The van der Waals surface area contributed by atoms with Crippen LogP contribution >= 0.6 is 0 Å². The van der Waals surface area contributed by atoms with E-state index in [-0.39, 0.29) is 0 Å². The highest BCUT2D eigenvalue weighted by molar-refractivity contribution is 5.90. The van der Waals surface area contributed by atoms with Gasteiger partial charge >= 0.3 is 0 Å². The number of fused-ring (bicyclic) bond motifs is 1. The van der Waals surface area contributed by atoms with Gasteiger partial charge in [-0.05, 0) is 34.5 Å². The van der Waals surface area contributed by atoms with E-state index >= 15 is 0 Å². The number of nitrogens with one attached hydrogen (secondary N) is 1. The lowest BCUT2D eigenvalue weighted by Crippen LogP contribution is -1.86. The molecule has 0 aromatic heterocycles. The number of benzene rings is 3. The summed E-state index contributed by atoms with van der Waals surface area (Å²) >= 11 is 0. The third kappa shape index (κ3) is 2.66. The van der Waals surface area contributed by atoms with E-state index in [0.29, 0.717) is 0 Å².